The molecule has 7 heteroatoms. The molecule has 1 atom stereocenters. The van der Waals surface area contributed by atoms with Gasteiger partial charge >= 0.3 is 5.97 Å². The number of amides is 1. The maximum absolute atomic E-state index is 12.7. The van der Waals surface area contributed by atoms with E-state index in [0.29, 0.717) is 28.6 Å². The van der Waals surface area contributed by atoms with E-state index in [4.69, 9.17) is 25.8 Å². The van der Waals surface area contributed by atoms with Gasteiger partial charge in [-0.2, -0.15) is 0 Å². The fraction of sp³-hybridized carbons (Fsp3) is 0.263. The smallest absolute Gasteiger partial charge is 0.333 e. The highest BCUT2D eigenvalue weighted by molar-refractivity contribution is 6.32. The summed E-state index contributed by atoms with van der Waals surface area (Å²) in [5.41, 5.74) is 1.01. The van der Waals surface area contributed by atoms with Crippen LogP contribution in [0.5, 0.6) is 5.75 Å². The molecular weight excluding hydrogens is 358 g/mol. The van der Waals surface area contributed by atoms with Gasteiger partial charge in [0.15, 0.2) is 0 Å². The van der Waals surface area contributed by atoms with Crippen LogP contribution in [0, 0.1) is 0 Å². The zero-order valence-corrected chi connectivity index (χ0v) is 15.3. The number of esters is 1. The Balaban J connectivity index is 2.17. The second kappa shape index (κ2) is 9.79. The van der Waals surface area contributed by atoms with E-state index in [-0.39, 0.29) is 6.61 Å². The minimum atomic E-state index is -1.11. The van der Waals surface area contributed by atoms with Gasteiger partial charge < -0.3 is 19.5 Å². The first-order valence-corrected chi connectivity index (χ1v) is 8.39. The van der Waals surface area contributed by atoms with E-state index in [9.17, 15) is 9.59 Å². The molecule has 0 aliphatic rings. The molecule has 0 unspecified atom stereocenters. The first kappa shape index (κ1) is 19.8. The molecule has 0 bridgehead atoms. The molecule has 2 aromatic rings. The molecule has 0 saturated carbocycles. The third-order valence-electron chi connectivity index (χ3n) is 3.43. The molecule has 6 nitrogen and oxygen atoms in total. The van der Waals surface area contributed by atoms with Crippen molar-refractivity contribution in [1.29, 1.82) is 0 Å². The maximum atomic E-state index is 12.7. The fourth-order valence-corrected chi connectivity index (χ4v) is 2.46. The standard InChI is InChI=1S/C19H20ClNO5/c1-3-25-12-17(22)26-18(13-7-5-4-6-8-13)19(23)21-14-9-10-16(24-2)15(20)11-14/h4-11,18H,3,12H2,1-2H3,(H,21,23)/t18-/m0/s1. The Morgan fingerprint density at radius 1 is 1.15 bits per heavy atom. The van der Waals surface area contributed by atoms with Crippen molar-refractivity contribution in [3.05, 3.63) is 59.1 Å². The van der Waals surface area contributed by atoms with E-state index in [2.05, 4.69) is 5.32 Å². The van der Waals surface area contributed by atoms with Gasteiger partial charge in [-0.25, -0.2) is 4.79 Å². The quantitative estimate of drug-likeness (QED) is 0.711. The first-order valence-electron chi connectivity index (χ1n) is 8.01. The van der Waals surface area contributed by atoms with Gasteiger partial charge in [-0.15, -0.1) is 0 Å². The van der Waals surface area contributed by atoms with Gasteiger partial charge in [-0.3, -0.25) is 4.79 Å². The summed E-state index contributed by atoms with van der Waals surface area (Å²) in [6, 6.07) is 13.6. The highest BCUT2D eigenvalue weighted by Gasteiger charge is 2.25. The molecule has 0 heterocycles. The molecule has 0 aliphatic heterocycles. The summed E-state index contributed by atoms with van der Waals surface area (Å²) in [5, 5.41) is 3.05. The summed E-state index contributed by atoms with van der Waals surface area (Å²) < 4.78 is 15.4. The molecule has 2 aromatic carbocycles. The monoisotopic (exact) mass is 377 g/mol. The van der Waals surface area contributed by atoms with Crippen LogP contribution in [0.25, 0.3) is 0 Å². The third kappa shape index (κ3) is 5.47. The Morgan fingerprint density at radius 2 is 1.88 bits per heavy atom. The lowest BCUT2D eigenvalue weighted by Gasteiger charge is -2.18. The van der Waals surface area contributed by atoms with Gasteiger partial charge in [0.2, 0.25) is 6.10 Å². The average Bonchev–Trinajstić information content (AvgIpc) is 2.65. The van der Waals surface area contributed by atoms with Crippen molar-refractivity contribution in [1.82, 2.24) is 0 Å². The lowest BCUT2D eigenvalue weighted by molar-refractivity contribution is -0.159. The van der Waals surface area contributed by atoms with Crippen molar-refractivity contribution in [3.63, 3.8) is 0 Å². The highest BCUT2D eigenvalue weighted by Crippen LogP contribution is 2.28. The van der Waals surface area contributed by atoms with Crippen LogP contribution in [0.3, 0.4) is 0 Å². The van der Waals surface area contributed by atoms with Crippen molar-refractivity contribution in [2.24, 2.45) is 0 Å². The van der Waals surface area contributed by atoms with E-state index in [1.165, 1.54) is 7.11 Å². The van der Waals surface area contributed by atoms with Crippen LogP contribution in [0.1, 0.15) is 18.6 Å². The fourth-order valence-electron chi connectivity index (χ4n) is 2.20. The highest BCUT2D eigenvalue weighted by atomic mass is 35.5. The van der Waals surface area contributed by atoms with Crippen LogP contribution in [-0.4, -0.2) is 32.2 Å². The largest absolute Gasteiger partial charge is 0.495 e. The normalized spacial score (nSPS) is 11.5. The van der Waals surface area contributed by atoms with Crippen LogP contribution in [0.2, 0.25) is 5.02 Å². The number of hydrogen-bond donors (Lipinski definition) is 1. The number of benzene rings is 2. The lowest BCUT2D eigenvalue weighted by Crippen LogP contribution is -2.27. The zero-order valence-electron chi connectivity index (χ0n) is 14.5. The summed E-state index contributed by atoms with van der Waals surface area (Å²) in [6.07, 6.45) is -1.11. The molecule has 0 fully saturated rings. The lowest BCUT2D eigenvalue weighted by atomic mass is 10.1. The first-order chi connectivity index (χ1) is 12.5. The molecule has 1 amide bonds. The topological polar surface area (TPSA) is 73.9 Å². The second-order valence-corrected chi connectivity index (χ2v) is 5.66. The number of carbonyl (C=O) groups is 2. The summed E-state index contributed by atoms with van der Waals surface area (Å²) in [7, 11) is 1.50. The summed E-state index contributed by atoms with van der Waals surface area (Å²) in [6.45, 7) is 1.92. The summed E-state index contributed by atoms with van der Waals surface area (Å²) in [4.78, 5) is 24.6. The van der Waals surface area contributed by atoms with Crippen LogP contribution >= 0.6 is 11.6 Å². The van der Waals surface area contributed by atoms with Crippen molar-refractivity contribution < 1.29 is 23.8 Å². The van der Waals surface area contributed by atoms with Gasteiger partial charge in [-0.1, -0.05) is 41.9 Å². The minimum absolute atomic E-state index is 0.221. The van der Waals surface area contributed by atoms with Crippen LogP contribution < -0.4 is 10.1 Å². The van der Waals surface area contributed by atoms with E-state index in [1.54, 1.807) is 49.4 Å². The average molecular weight is 378 g/mol. The molecule has 0 saturated heterocycles. The number of carbonyl (C=O) groups excluding carboxylic acids is 2. The number of rotatable bonds is 8. The zero-order chi connectivity index (χ0) is 18.9. The Kier molecular flexibility index (Phi) is 7.44. The Bertz CT molecular complexity index is 751. The van der Waals surface area contributed by atoms with Gasteiger partial charge in [0.1, 0.15) is 12.4 Å². The van der Waals surface area contributed by atoms with Crippen molar-refractivity contribution >= 4 is 29.2 Å². The predicted molar refractivity (Wildman–Crippen MR) is 98.4 cm³/mol. The number of methoxy groups -OCH3 is 1. The SMILES string of the molecule is CCOCC(=O)O[C@H](C(=O)Nc1ccc(OC)c(Cl)c1)c1ccccc1. The Hall–Kier alpha value is -2.57. The van der Waals surface area contributed by atoms with Crippen molar-refractivity contribution in [2.75, 3.05) is 25.6 Å². The van der Waals surface area contributed by atoms with Gasteiger partial charge in [0.05, 0.1) is 12.1 Å². The van der Waals surface area contributed by atoms with Crippen molar-refractivity contribution in [3.8, 4) is 5.75 Å². The van der Waals surface area contributed by atoms with Gasteiger partial charge in [0.25, 0.3) is 5.91 Å². The predicted octanol–water partition coefficient (Wildman–Crippen LogP) is 3.61. The third-order valence-corrected chi connectivity index (χ3v) is 3.73. The van der Waals surface area contributed by atoms with Crippen LogP contribution in [-0.2, 0) is 19.1 Å². The maximum Gasteiger partial charge on any atom is 0.333 e. The Labute approximate surface area is 157 Å². The molecule has 2 rings (SSSR count). The molecule has 0 aliphatic carbocycles. The molecule has 0 aromatic heterocycles. The van der Waals surface area contributed by atoms with Crippen LogP contribution in [0.4, 0.5) is 5.69 Å². The number of halogens is 1. The van der Waals surface area contributed by atoms with E-state index < -0.39 is 18.0 Å². The van der Waals surface area contributed by atoms with E-state index in [1.807, 2.05) is 6.07 Å². The number of ether oxygens (including phenoxy) is 3. The van der Waals surface area contributed by atoms with E-state index in [0.717, 1.165) is 0 Å². The van der Waals surface area contributed by atoms with E-state index >= 15 is 0 Å². The number of nitrogens with one attached hydrogen (secondary N) is 1. The summed E-state index contributed by atoms with van der Waals surface area (Å²) in [5.74, 6) is -0.627. The minimum Gasteiger partial charge on any atom is -0.495 e. The Morgan fingerprint density at radius 3 is 2.50 bits per heavy atom. The molecule has 26 heavy (non-hydrogen) atoms. The van der Waals surface area contributed by atoms with Crippen molar-refractivity contribution in [2.45, 2.75) is 13.0 Å². The molecule has 1 N–H and O–H groups in total. The molecule has 0 radical (unpaired) electrons. The van der Waals surface area contributed by atoms with Gasteiger partial charge in [0, 0.05) is 17.9 Å². The summed E-state index contributed by atoms with van der Waals surface area (Å²) >= 11 is 6.07. The number of anilines is 1. The van der Waals surface area contributed by atoms with Gasteiger partial charge in [-0.05, 0) is 25.1 Å². The molecular formula is C19H20ClNO5. The second-order valence-electron chi connectivity index (χ2n) is 5.26. The molecule has 0 spiro atoms. The number of hydrogen-bond acceptors (Lipinski definition) is 5. The van der Waals surface area contributed by atoms with Crippen LogP contribution in [0.15, 0.2) is 48.5 Å². The molecule has 138 valence electrons.